The summed E-state index contributed by atoms with van der Waals surface area (Å²) in [5.41, 5.74) is 0.568. The Morgan fingerprint density at radius 3 is 2.22 bits per heavy atom. The number of sulfonamides is 1. The number of ether oxygens (including phenoxy) is 3. The Morgan fingerprint density at radius 1 is 1.03 bits per heavy atom. The van der Waals surface area contributed by atoms with E-state index in [1.54, 1.807) is 19.2 Å². The molecule has 7 nitrogen and oxygen atoms in total. The number of carbonyl (C=O) groups excluding carboxylic acids is 1. The molecule has 2 aromatic rings. The lowest BCUT2D eigenvalue weighted by molar-refractivity contribution is -0.145. The van der Waals surface area contributed by atoms with E-state index in [4.69, 9.17) is 14.2 Å². The summed E-state index contributed by atoms with van der Waals surface area (Å²) in [4.78, 5) is 12.8. The molecule has 0 aliphatic heterocycles. The lowest BCUT2D eigenvalue weighted by atomic mass is 9.83. The fraction of sp³-hybridized carbons (Fsp3) is 0.458. The minimum atomic E-state index is -3.91. The van der Waals surface area contributed by atoms with Gasteiger partial charge < -0.3 is 14.2 Å². The highest BCUT2D eigenvalue weighted by molar-refractivity contribution is 7.89. The first-order valence-corrected chi connectivity index (χ1v) is 12.1. The van der Waals surface area contributed by atoms with Gasteiger partial charge in [-0.25, -0.2) is 8.42 Å². The third kappa shape index (κ3) is 5.88. The molecule has 1 aliphatic rings. The summed E-state index contributed by atoms with van der Waals surface area (Å²) >= 11 is 0. The van der Waals surface area contributed by atoms with Gasteiger partial charge in [-0.05, 0) is 62.4 Å². The van der Waals surface area contributed by atoms with Gasteiger partial charge in [-0.3, -0.25) is 4.79 Å². The van der Waals surface area contributed by atoms with Crippen LogP contribution in [0.1, 0.15) is 38.2 Å². The SMILES string of the molecule is COc1ccc(S(=O)(=O)N(CC(=O)OCc2ccccc2)[C@H]2CC[C@](C)(OC)CC2)cc1. The van der Waals surface area contributed by atoms with Crippen LogP contribution in [0.4, 0.5) is 0 Å². The standard InChI is InChI=1S/C24H31NO6S/c1-24(30-3)15-13-20(14-16-24)25(17-23(26)31-18-19-7-5-4-6-8-19)32(27,28)22-11-9-21(29-2)10-12-22/h4-12,20H,13-18H2,1-3H3/t20-,24-. The zero-order valence-corrected chi connectivity index (χ0v) is 19.6. The van der Waals surface area contributed by atoms with Gasteiger partial charge in [0.05, 0.1) is 17.6 Å². The minimum absolute atomic E-state index is 0.0997. The van der Waals surface area contributed by atoms with E-state index in [1.807, 2.05) is 37.3 Å². The number of rotatable bonds is 9. The maximum absolute atomic E-state index is 13.5. The van der Waals surface area contributed by atoms with Crippen LogP contribution >= 0.6 is 0 Å². The van der Waals surface area contributed by atoms with Crippen LogP contribution in [-0.4, -0.2) is 51.1 Å². The van der Waals surface area contributed by atoms with Crippen LogP contribution in [-0.2, 0) is 30.9 Å². The van der Waals surface area contributed by atoms with Crippen molar-refractivity contribution >= 4 is 16.0 Å². The normalized spacial score (nSPS) is 21.3. The minimum Gasteiger partial charge on any atom is -0.497 e. The molecule has 3 rings (SSSR count). The van der Waals surface area contributed by atoms with E-state index in [2.05, 4.69) is 0 Å². The van der Waals surface area contributed by atoms with Gasteiger partial charge >= 0.3 is 5.97 Å². The van der Waals surface area contributed by atoms with Gasteiger partial charge in [0.2, 0.25) is 10.0 Å². The predicted octanol–water partition coefficient (Wildman–Crippen LogP) is 3.78. The van der Waals surface area contributed by atoms with Gasteiger partial charge in [-0.1, -0.05) is 30.3 Å². The van der Waals surface area contributed by atoms with Crippen LogP contribution in [0, 0.1) is 0 Å². The molecule has 1 fully saturated rings. The molecule has 0 aromatic heterocycles. The second-order valence-electron chi connectivity index (χ2n) is 8.26. The molecule has 8 heteroatoms. The number of methoxy groups -OCH3 is 2. The molecule has 0 radical (unpaired) electrons. The third-order valence-corrected chi connectivity index (χ3v) is 8.02. The van der Waals surface area contributed by atoms with Crippen LogP contribution in [0.3, 0.4) is 0 Å². The first-order chi connectivity index (χ1) is 15.3. The van der Waals surface area contributed by atoms with Crippen molar-refractivity contribution in [3.63, 3.8) is 0 Å². The largest absolute Gasteiger partial charge is 0.497 e. The van der Waals surface area contributed by atoms with Gasteiger partial charge in [-0.2, -0.15) is 4.31 Å². The molecule has 0 saturated heterocycles. The molecule has 32 heavy (non-hydrogen) atoms. The molecule has 0 amide bonds. The lowest BCUT2D eigenvalue weighted by Gasteiger charge is -2.40. The predicted molar refractivity (Wildman–Crippen MR) is 121 cm³/mol. The highest BCUT2D eigenvalue weighted by Crippen LogP contribution is 2.35. The first-order valence-electron chi connectivity index (χ1n) is 10.7. The van der Waals surface area contributed by atoms with E-state index in [0.717, 1.165) is 5.56 Å². The second kappa shape index (κ2) is 10.5. The Kier molecular flexibility index (Phi) is 7.92. The van der Waals surface area contributed by atoms with Crippen LogP contribution in [0.5, 0.6) is 5.75 Å². The Morgan fingerprint density at radius 2 is 1.66 bits per heavy atom. The summed E-state index contributed by atoms with van der Waals surface area (Å²) in [5.74, 6) is -0.0164. The molecule has 1 saturated carbocycles. The molecule has 0 bridgehead atoms. The molecule has 0 spiro atoms. The van der Waals surface area contributed by atoms with Gasteiger partial charge in [0.15, 0.2) is 0 Å². The summed E-state index contributed by atoms with van der Waals surface area (Å²) in [6.45, 7) is 1.79. The molecule has 0 heterocycles. The van der Waals surface area contributed by atoms with E-state index in [0.29, 0.717) is 31.4 Å². The topological polar surface area (TPSA) is 82.1 Å². The number of carbonyl (C=O) groups is 1. The molecule has 0 unspecified atom stereocenters. The van der Waals surface area contributed by atoms with E-state index < -0.39 is 16.0 Å². The summed E-state index contributed by atoms with van der Waals surface area (Å²) < 4.78 is 44.4. The molecule has 0 atom stereocenters. The summed E-state index contributed by atoms with van der Waals surface area (Å²) in [6, 6.07) is 15.2. The van der Waals surface area contributed by atoms with Gasteiger partial charge in [0, 0.05) is 13.2 Å². The molecule has 2 aromatic carbocycles. The van der Waals surface area contributed by atoms with Crippen molar-refractivity contribution in [3.8, 4) is 5.75 Å². The summed E-state index contributed by atoms with van der Waals surface area (Å²) in [7, 11) is -0.717. The fourth-order valence-corrected chi connectivity index (χ4v) is 5.54. The first kappa shape index (κ1) is 24.2. The van der Waals surface area contributed by atoms with Crippen molar-refractivity contribution in [1.29, 1.82) is 0 Å². The van der Waals surface area contributed by atoms with Crippen molar-refractivity contribution in [2.75, 3.05) is 20.8 Å². The molecule has 1 aliphatic carbocycles. The third-order valence-electron chi connectivity index (χ3n) is 6.11. The van der Waals surface area contributed by atoms with Crippen LogP contribution in [0.25, 0.3) is 0 Å². The van der Waals surface area contributed by atoms with Crippen molar-refractivity contribution in [1.82, 2.24) is 4.31 Å². The van der Waals surface area contributed by atoms with E-state index >= 15 is 0 Å². The van der Waals surface area contributed by atoms with Crippen LogP contribution in [0.15, 0.2) is 59.5 Å². The van der Waals surface area contributed by atoms with Crippen LogP contribution < -0.4 is 4.74 Å². The number of nitrogens with zero attached hydrogens (tertiary/aromatic N) is 1. The Hall–Kier alpha value is -2.42. The lowest BCUT2D eigenvalue weighted by Crippen LogP contribution is -2.48. The smallest absolute Gasteiger partial charge is 0.321 e. The maximum atomic E-state index is 13.5. The van der Waals surface area contributed by atoms with E-state index in [-0.39, 0.29) is 29.7 Å². The number of benzene rings is 2. The number of hydrogen-bond acceptors (Lipinski definition) is 6. The van der Waals surface area contributed by atoms with Crippen molar-refractivity contribution in [3.05, 3.63) is 60.2 Å². The molecule has 0 N–H and O–H groups in total. The van der Waals surface area contributed by atoms with Crippen molar-refractivity contribution in [2.24, 2.45) is 0 Å². The van der Waals surface area contributed by atoms with E-state index in [9.17, 15) is 13.2 Å². The van der Waals surface area contributed by atoms with Crippen molar-refractivity contribution < 1.29 is 27.4 Å². The average Bonchev–Trinajstić information content (AvgIpc) is 2.82. The van der Waals surface area contributed by atoms with E-state index in [1.165, 1.54) is 23.5 Å². The number of hydrogen-bond donors (Lipinski definition) is 0. The zero-order chi connectivity index (χ0) is 23.2. The Labute approximate surface area is 190 Å². The van der Waals surface area contributed by atoms with Gasteiger partial charge in [0.1, 0.15) is 18.9 Å². The summed E-state index contributed by atoms with van der Waals surface area (Å²) in [6.07, 6.45) is 2.63. The zero-order valence-electron chi connectivity index (χ0n) is 18.8. The molecule has 174 valence electrons. The Balaban J connectivity index is 1.79. The number of esters is 1. The summed E-state index contributed by atoms with van der Waals surface area (Å²) in [5, 5.41) is 0. The second-order valence-corrected chi connectivity index (χ2v) is 10.1. The molecular formula is C24H31NO6S. The van der Waals surface area contributed by atoms with Gasteiger partial charge in [-0.15, -0.1) is 0 Å². The monoisotopic (exact) mass is 461 g/mol. The fourth-order valence-electron chi connectivity index (χ4n) is 3.91. The Bertz CT molecular complexity index is 983. The van der Waals surface area contributed by atoms with Gasteiger partial charge in [0.25, 0.3) is 0 Å². The van der Waals surface area contributed by atoms with Crippen molar-refractivity contribution in [2.45, 2.75) is 55.8 Å². The van der Waals surface area contributed by atoms with Crippen LogP contribution in [0.2, 0.25) is 0 Å². The highest BCUT2D eigenvalue weighted by Gasteiger charge is 2.39. The molecular weight excluding hydrogens is 430 g/mol. The quantitative estimate of drug-likeness (QED) is 0.529. The average molecular weight is 462 g/mol. The highest BCUT2D eigenvalue weighted by atomic mass is 32.2. The maximum Gasteiger partial charge on any atom is 0.321 e.